The van der Waals surface area contributed by atoms with Crippen molar-refractivity contribution in [3.8, 4) is 0 Å². The lowest BCUT2D eigenvalue weighted by molar-refractivity contribution is -0.167. The summed E-state index contributed by atoms with van der Waals surface area (Å²) >= 11 is 0. The van der Waals surface area contributed by atoms with Gasteiger partial charge in [-0.1, -0.05) is 26.3 Å². The van der Waals surface area contributed by atoms with Gasteiger partial charge in [0, 0.05) is 12.0 Å². The number of rotatable bonds is 7. The molecule has 0 aliphatic carbocycles. The van der Waals surface area contributed by atoms with Crippen molar-refractivity contribution in [3.05, 3.63) is 12.7 Å². The van der Waals surface area contributed by atoms with Crippen molar-refractivity contribution in [3.63, 3.8) is 0 Å². The standard InChI is InChI=1S/C16H20O7/c1-3-5-6-8-11-13-15(23-16(11)19)14(12(8)22-13)21-10(18)7-20-9(17)4-2/h4,8,11-15H,2-3,5-7H2,1H3. The van der Waals surface area contributed by atoms with Gasteiger partial charge in [-0.2, -0.15) is 0 Å². The quantitative estimate of drug-likeness (QED) is 0.388. The fraction of sp³-hybridized carbons (Fsp3) is 0.688. The van der Waals surface area contributed by atoms with E-state index in [1.54, 1.807) is 0 Å². The third-order valence-corrected chi connectivity index (χ3v) is 4.70. The second-order valence-electron chi connectivity index (χ2n) is 6.06. The van der Waals surface area contributed by atoms with Crippen LogP contribution < -0.4 is 0 Å². The van der Waals surface area contributed by atoms with Crippen molar-refractivity contribution in [2.75, 3.05) is 6.61 Å². The Morgan fingerprint density at radius 3 is 2.78 bits per heavy atom. The highest BCUT2D eigenvalue weighted by molar-refractivity contribution is 5.84. The van der Waals surface area contributed by atoms with Crippen LogP contribution in [0, 0.1) is 11.8 Å². The number of hydrogen-bond donors (Lipinski definition) is 0. The van der Waals surface area contributed by atoms with Crippen molar-refractivity contribution in [2.45, 2.75) is 50.6 Å². The highest BCUT2D eigenvalue weighted by Gasteiger charge is 2.69. The Hall–Kier alpha value is -1.89. The highest BCUT2D eigenvalue weighted by atomic mass is 16.7. The normalized spacial score (nSPS) is 36.7. The van der Waals surface area contributed by atoms with E-state index in [2.05, 4.69) is 18.2 Å². The van der Waals surface area contributed by atoms with Crippen LogP contribution >= 0.6 is 0 Å². The average Bonchev–Trinajstić information content (AvgIpc) is 3.14. The summed E-state index contributed by atoms with van der Waals surface area (Å²) in [4.78, 5) is 34.9. The second kappa shape index (κ2) is 6.31. The van der Waals surface area contributed by atoms with Crippen molar-refractivity contribution in [2.24, 2.45) is 11.8 Å². The predicted octanol–water partition coefficient (Wildman–Crippen LogP) is 0.756. The average molecular weight is 324 g/mol. The van der Waals surface area contributed by atoms with E-state index in [9.17, 15) is 14.4 Å². The van der Waals surface area contributed by atoms with E-state index >= 15 is 0 Å². The topological polar surface area (TPSA) is 88.1 Å². The molecule has 3 aliphatic heterocycles. The molecule has 126 valence electrons. The first-order valence-corrected chi connectivity index (χ1v) is 7.91. The van der Waals surface area contributed by atoms with E-state index in [-0.39, 0.29) is 30.0 Å². The maximum atomic E-state index is 12.0. The molecule has 3 aliphatic rings. The number of hydrogen-bond acceptors (Lipinski definition) is 7. The summed E-state index contributed by atoms with van der Waals surface area (Å²) in [6.07, 6.45) is 1.97. The zero-order valence-electron chi connectivity index (χ0n) is 12.9. The van der Waals surface area contributed by atoms with Crippen LogP contribution in [0.15, 0.2) is 12.7 Å². The SMILES string of the molecule is C=CC(=O)OCC(=O)OC1C2OC3C1OC(=O)C3C2CCCC. The molecule has 0 aromatic heterocycles. The van der Waals surface area contributed by atoms with Gasteiger partial charge >= 0.3 is 17.9 Å². The number of unbranched alkanes of at least 4 members (excludes halogenated alkanes) is 1. The van der Waals surface area contributed by atoms with E-state index in [0.29, 0.717) is 0 Å². The molecule has 6 unspecified atom stereocenters. The van der Waals surface area contributed by atoms with E-state index in [1.807, 2.05) is 0 Å². The lowest BCUT2D eigenvalue weighted by atomic mass is 9.76. The van der Waals surface area contributed by atoms with Gasteiger partial charge in [-0.05, 0) is 6.42 Å². The third-order valence-electron chi connectivity index (χ3n) is 4.70. The molecule has 3 fully saturated rings. The van der Waals surface area contributed by atoms with Crippen LogP contribution in [0.3, 0.4) is 0 Å². The van der Waals surface area contributed by atoms with Gasteiger partial charge in [0.1, 0.15) is 12.2 Å². The van der Waals surface area contributed by atoms with Crippen LogP contribution in [-0.4, -0.2) is 48.9 Å². The van der Waals surface area contributed by atoms with E-state index < -0.39 is 30.8 Å². The first kappa shape index (κ1) is 16.0. The Balaban J connectivity index is 1.64. The van der Waals surface area contributed by atoms with E-state index in [1.165, 1.54) is 0 Å². The lowest BCUT2D eigenvalue weighted by Gasteiger charge is -2.28. The smallest absolute Gasteiger partial charge is 0.344 e. The molecule has 3 rings (SSSR count). The van der Waals surface area contributed by atoms with Gasteiger partial charge in [-0.3, -0.25) is 4.79 Å². The van der Waals surface area contributed by atoms with Gasteiger partial charge in [0.05, 0.1) is 5.92 Å². The molecular weight excluding hydrogens is 304 g/mol. The third kappa shape index (κ3) is 2.73. The molecule has 7 nitrogen and oxygen atoms in total. The van der Waals surface area contributed by atoms with Crippen LogP contribution in [0.25, 0.3) is 0 Å². The fourth-order valence-corrected chi connectivity index (χ4v) is 3.74. The first-order valence-electron chi connectivity index (χ1n) is 7.91. The van der Waals surface area contributed by atoms with Gasteiger partial charge in [-0.25, -0.2) is 9.59 Å². The summed E-state index contributed by atoms with van der Waals surface area (Å²) in [7, 11) is 0. The largest absolute Gasteiger partial charge is 0.455 e. The summed E-state index contributed by atoms with van der Waals surface area (Å²) in [5, 5.41) is 0. The van der Waals surface area contributed by atoms with Gasteiger partial charge < -0.3 is 18.9 Å². The number of carbonyl (C=O) groups is 3. The van der Waals surface area contributed by atoms with Crippen molar-refractivity contribution in [1.82, 2.24) is 0 Å². The zero-order chi connectivity index (χ0) is 16.6. The summed E-state index contributed by atoms with van der Waals surface area (Å²) in [5.74, 6) is -1.88. The minimum atomic E-state index is -0.695. The minimum absolute atomic E-state index is 0.0136. The monoisotopic (exact) mass is 324 g/mol. The van der Waals surface area contributed by atoms with E-state index in [0.717, 1.165) is 25.3 Å². The lowest BCUT2D eigenvalue weighted by Crippen LogP contribution is -2.45. The molecule has 0 spiro atoms. The minimum Gasteiger partial charge on any atom is -0.455 e. The molecule has 2 bridgehead atoms. The Bertz CT molecular complexity index is 529. The second-order valence-corrected chi connectivity index (χ2v) is 6.06. The molecular formula is C16H20O7. The maximum absolute atomic E-state index is 12.0. The molecule has 0 saturated carbocycles. The molecule has 0 aromatic rings. The van der Waals surface area contributed by atoms with Gasteiger partial charge in [-0.15, -0.1) is 0 Å². The van der Waals surface area contributed by atoms with Crippen molar-refractivity contribution < 1.29 is 33.3 Å². The fourth-order valence-electron chi connectivity index (χ4n) is 3.74. The summed E-state index contributed by atoms with van der Waals surface area (Å²) in [6.45, 7) is 4.83. The molecule has 0 amide bonds. The van der Waals surface area contributed by atoms with Crippen LogP contribution in [0.1, 0.15) is 26.2 Å². The molecule has 0 radical (unpaired) electrons. The zero-order valence-corrected chi connectivity index (χ0v) is 12.9. The van der Waals surface area contributed by atoms with Crippen LogP contribution in [-0.2, 0) is 33.3 Å². The number of ether oxygens (including phenoxy) is 4. The van der Waals surface area contributed by atoms with Crippen LogP contribution in [0.5, 0.6) is 0 Å². The Morgan fingerprint density at radius 2 is 2.09 bits per heavy atom. The van der Waals surface area contributed by atoms with Crippen LogP contribution in [0.4, 0.5) is 0 Å². The molecule has 23 heavy (non-hydrogen) atoms. The summed E-state index contributed by atoms with van der Waals surface area (Å²) in [6, 6.07) is 0. The number of esters is 3. The number of carbonyl (C=O) groups excluding carboxylic acids is 3. The predicted molar refractivity (Wildman–Crippen MR) is 76.1 cm³/mol. The van der Waals surface area contributed by atoms with Gasteiger partial charge in [0.15, 0.2) is 18.8 Å². The molecule has 3 saturated heterocycles. The Kier molecular flexibility index (Phi) is 4.39. The molecule has 6 atom stereocenters. The molecule has 7 heteroatoms. The molecule has 0 N–H and O–H groups in total. The first-order chi connectivity index (χ1) is 11.1. The maximum Gasteiger partial charge on any atom is 0.344 e. The molecule has 0 aromatic carbocycles. The highest BCUT2D eigenvalue weighted by Crippen LogP contribution is 2.52. The van der Waals surface area contributed by atoms with Crippen molar-refractivity contribution >= 4 is 17.9 Å². The number of fused-ring (bicyclic) bond motifs is 1. The Morgan fingerprint density at radius 1 is 1.30 bits per heavy atom. The van der Waals surface area contributed by atoms with Crippen molar-refractivity contribution in [1.29, 1.82) is 0 Å². The van der Waals surface area contributed by atoms with Gasteiger partial charge in [0.25, 0.3) is 0 Å². The van der Waals surface area contributed by atoms with Gasteiger partial charge in [0.2, 0.25) is 0 Å². The van der Waals surface area contributed by atoms with Crippen LogP contribution in [0.2, 0.25) is 0 Å². The van der Waals surface area contributed by atoms with E-state index in [4.69, 9.17) is 14.2 Å². The molecule has 3 heterocycles. The summed E-state index contributed by atoms with van der Waals surface area (Å²) in [5.41, 5.74) is 0. The summed E-state index contributed by atoms with van der Waals surface area (Å²) < 4.78 is 21.2. The Labute approximate surface area is 133 Å².